The van der Waals surface area contributed by atoms with Crippen molar-refractivity contribution < 1.29 is 22.0 Å². The van der Waals surface area contributed by atoms with E-state index < -0.39 is 35.1 Å². The fraction of sp³-hybridized carbons (Fsp3) is 0.143. The van der Waals surface area contributed by atoms with E-state index in [1.54, 1.807) is 0 Å². The second-order valence-electron chi connectivity index (χ2n) is 4.43. The van der Waals surface area contributed by atoms with Crippen LogP contribution in [0, 0.1) is 29.1 Å². The average molecular weight is 366 g/mol. The van der Waals surface area contributed by atoms with Crippen molar-refractivity contribution in [3.8, 4) is 0 Å². The van der Waals surface area contributed by atoms with Gasteiger partial charge in [-0.25, -0.2) is 22.0 Å². The van der Waals surface area contributed by atoms with Crippen LogP contribution in [-0.4, -0.2) is 0 Å². The van der Waals surface area contributed by atoms with Gasteiger partial charge in [-0.1, -0.05) is 0 Å². The van der Waals surface area contributed by atoms with E-state index in [1.165, 1.54) is 6.07 Å². The SMILES string of the molecule is NC(Cc1c(F)ccc(Br)c1F)c1cc(F)c(F)c(F)c1. The van der Waals surface area contributed by atoms with Crippen LogP contribution in [0.2, 0.25) is 0 Å². The Kier molecular flexibility index (Phi) is 4.63. The van der Waals surface area contributed by atoms with E-state index in [-0.39, 0.29) is 22.0 Å². The Hall–Kier alpha value is -1.47. The molecular formula is C14H9BrF5N. The van der Waals surface area contributed by atoms with Crippen molar-refractivity contribution in [2.24, 2.45) is 5.73 Å². The zero-order chi connectivity index (χ0) is 15.7. The normalized spacial score (nSPS) is 12.5. The van der Waals surface area contributed by atoms with E-state index in [9.17, 15) is 22.0 Å². The predicted molar refractivity (Wildman–Crippen MR) is 71.0 cm³/mol. The molecule has 0 spiro atoms. The molecule has 0 saturated carbocycles. The van der Waals surface area contributed by atoms with Gasteiger partial charge < -0.3 is 5.73 Å². The fourth-order valence-electron chi connectivity index (χ4n) is 1.88. The van der Waals surface area contributed by atoms with Gasteiger partial charge in [-0.2, -0.15) is 0 Å². The number of nitrogens with two attached hydrogens (primary N) is 1. The lowest BCUT2D eigenvalue weighted by atomic mass is 9.98. The monoisotopic (exact) mass is 365 g/mol. The zero-order valence-electron chi connectivity index (χ0n) is 10.4. The molecule has 0 bridgehead atoms. The van der Waals surface area contributed by atoms with Crippen LogP contribution >= 0.6 is 15.9 Å². The number of hydrogen-bond acceptors (Lipinski definition) is 1. The molecule has 2 rings (SSSR count). The van der Waals surface area contributed by atoms with Crippen LogP contribution in [0.15, 0.2) is 28.7 Å². The van der Waals surface area contributed by atoms with Crippen molar-refractivity contribution in [1.29, 1.82) is 0 Å². The minimum Gasteiger partial charge on any atom is -0.324 e. The first-order chi connectivity index (χ1) is 9.81. The average Bonchev–Trinajstić information content (AvgIpc) is 2.44. The molecule has 2 aromatic rings. The standard InChI is InChI=1S/C14H9BrF5N/c15-8-1-2-9(16)7(13(8)19)5-12(21)6-3-10(17)14(20)11(18)4-6/h1-4,12H,5,21H2. The highest BCUT2D eigenvalue weighted by molar-refractivity contribution is 9.10. The molecule has 0 amide bonds. The lowest BCUT2D eigenvalue weighted by molar-refractivity contribution is 0.443. The van der Waals surface area contributed by atoms with Crippen LogP contribution < -0.4 is 5.73 Å². The molecule has 2 N–H and O–H groups in total. The summed E-state index contributed by atoms with van der Waals surface area (Å²) in [6.45, 7) is 0. The van der Waals surface area contributed by atoms with Gasteiger partial charge in [0, 0.05) is 11.6 Å². The summed E-state index contributed by atoms with van der Waals surface area (Å²) >= 11 is 2.91. The second kappa shape index (κ2) is 6.11. The van der Waals surface area contributed by atoms with Crippen molar-refractivity contribution in [2.75, 3.05) is 0 Å². The molecule has 1 nitrogen and oxygen atoms in total. The van der Waals surface area contributed by atoms with Gasteiger partial charge in [0.1, 0.15) is 11.6 Å². The molecule has 2 aromatic carbocycles. The molecule has 1 unspecified atom stereocenters. The van der Waals surface area contributed by atoms with Gasteiger partial charge in [-0.05, 0) is 52.2 Å². The summed E-state index contributed by atoms with van der Waals surface area (Å²) in [6, 6.07) is 2.55. The Bertz CT molecular complexity index is 666. The van der Waals surface area contributed by atoms with Gasteiger partial charge in [0.05, 0.1) is 4.47 Å². The Morgan fingerprint density at radius 1 is 0.905 bits per heavy atom. The van der Waals surface area contributed by atoms with Crippen LogP contribution in [0.4, 0.5) is 22.0 Å². The maximum Gasteiger partial charge on any atom is 0.194 e. The van der Waals surface area contributed by atoms with Gasteiger partial charge in [-0.15, -0.1) is 0 Å². The zero-order valence-corrected chi connectivity index (χ0v) is 12.0. The maximum atomic E-state index is 13.8. The summed E-state index contributed by atoms with van der Waals surface area (Å²) < 4.78 is 66.6. The molecule has 0 aliphatic heterocycles. The third kappa shape index (κ3) is 3.24. The molecular weight excluding hydrogens is 357 g/mol. The van der Waals surface area contributed by atoms with Gasteiger partial charge in [-0.3, -0.25) is 0 Å². The smallest absolute Gasteiger partial charge is 0.194 e. The first-order valence-corrected chi connectivity index (χ1v) is 6.63. The summed E-state index contributed by atoms with van der Waals surface area (Å²) in [5.41, 5.74) is 5.29. The van der Waals surface area contributed by atoms with E-state index in [0.29, 0.717) is 12.1 Å². The molecule has 0 radical (unpaired) electrons. The number of hydrogen-bond donors (Lipinski definition) is 1. The van der Waals surface area contributed by atoms with Gasteiger partial charge in [0.25, 0.3) is 0 Å². The Labute approximate surface area is 125 Å². The van der Waals surface area contributed by atoms with Crippen LogP contribution in [0.25, 0.3) is 0 Å². The molecule has 21 heavy (non-hydrogen) atoms. The topological polar surface area (TPSA) is 26.0 Å². The molecule has 0 fully saturated rings. The molecule has 0 aliphatic rings. The highest BCUT2D eigenvalue weighted by atomic mass is 79.9. The van der Waals surface area contributed by atoms with Gasteiger partial charge >= 0.3 is 0 Å². The molecule has 0 saturated heterocycles. The van der Waals surface area contributed by atoms with Crippen molar-refractivity contribution in [3.05, 3.63) is 69.0 Å². The molecule has 1 atom stereocenters. The first kappa shape index (κ1) is 15.9. The second-order valence-corrected chi connectivity index (χ2v) is 5.29. The summed E-state index contributed by atoms with van der Waals surface area (Å²) in [6.07, 6.45) is -0.332. The highest BCUT2D eigenvalue weighted by Gasteiger charge is 2.19. The number of halogens is 6. The quantitative estimate of drug-likeness (QED) is 0.487. The van der Waals surface area contributed by atoms with Gasteiger partial charge in [0.2, 0.25) is 0 Å². The molecule has 0 heterocycles. The van der Waals surface area contributed by atoms with Gasteiger partial charge in [0.15, 0.2) is 17.5 Å². The van der Waals surface area contributed by atoms with Crippen LogP contribution in [0.3, 0.4) is 0 Å². The summed E-state index contributed by atoms with van der Waals surface area (Å²) in [5, 5.41) is 0. The van der Waals surface area contributed by atoms with Crippen molar-refractivity contribution in [1.82, 2.24) is 0 Å². The number of rotatable bonds is 3. The van der Waals surface area contributed by atoms with Crippen LogP contribution in [0.1, 0.15) is 17.2 Å². The predicted octanol–water partition coefficient (Wildman–Crippen LogP) is 4.39. The van der Waals surface area contributed by atoms with E-state index in [2.05, 4.69) is 15.9 Å². The Morgan fingerprint density at radius 3 is 2.05 bits per heavy atom. The minimum atomic E-state index is -1.62. The van der Waals surface area contributed by atoms with E-state index in [0.717, 1.165) is 6.07 Å². The van der Waals surface area contributed by atoms with E-state index >= 15 is 0 Å². The maximum absolute atomic E-state index is 13.8. The largest absolute Gasteiger partial charge is 0.324 e. The first-order valence-electron chi connectivity index (χ1n) is 5.83. The van der Waals surface area contributed by atoms with Crippen molar-refractivity contribution >= 4 is 15.9 Å². The third-order valence-electron chi connectivity index (χ3n) is 3.00. The van der Waals surface area contributed by atoms with Crippen LogP contribution in [-0.2, 0) is 6.42 Å². The molecule has 0 aromatic heterocycles. The Balaban J connectivity index is 2.35. The van der Waals surface area contributed by atoms with Crippen LogP contribution in [0.5, 0.6) is 0 Å². The molecule has 112 valence electrons. The van der Waals surface area contributed by atoms with E-state index in [1.807, 2.05) is 0 Å². The minimum absolute atomic E-state index is 0.0440. The van der Waals surface area contributed by atoms with Crippen molar-refractivity contribution in [2.45, 2.75) is 12.5 Å². The molecule has 0 aliphatic carbocycles. The third-order valence-corrected chi connectivity index (χ3v) is 3.61. The number of benzene rings is 2. The summed E-state index contributed by atoms with van der Waals surface area (Å²) in [5.74, 6) is -6.10. The fourth-order valence-corrected chi connectivity index (χ4v) is 2.25. The Morgan fingerprint density at radius 2 is 1.48 bits per heavy atom. The summed E-state index contributed by atoms with van der Waals surface area (Å²) in [4.78, 5) is 0. The van der Waals surface area contributed by atoms with Crippen molar-refractivity contribution in [3.63, 3.8) is 0 Å². The summed E-state index contributed by atoms with van der Waals surface area (Å²) in [7, 11) is 0. The lowest BCUT2D eigenvalue weighted by Gasteiger charge is -2.14. The lowest BCUT2D eigenvalue weighted by Crippen LogP contribution is -2.16. The molecule has 7 heteroatoms. The highest BCUT2D eigenvalue weighted by Crippen LogP contribution is 2.26. The van der Waals surface area contributed by atoms with E-state index in [4.69, 9.17) is 5.73 Å².